The van der Waals surface area contributed by atoms with Gasteiger partial charge in [-0.05, 0) is 55.5 Å². The van der Waals surface area contributed by atoms with Crippen LogP contribution in [0.25, 0.3) is 6.08 Å². The average Bonchev–Trinajstić information content (AvgIpc) is 2.45. The molecule has 1 amide bonds. The molecule has 0 saturated carbocycles. The summed E-state index contributed by atoms with van der Waals surface area (Å²) in [7, 11) is 0. The summed E-state index contributed by atoms with van der Waals surface area (Å²) in [5.74, 6) is -1.26. The molecule has 1 fully saturated rings. The van der Waals surface area contributed by atoms with Crippen LogP contribution in [0.4, 0.5) is 5.69 Å². The highest BCUT2D eigenvalue weighted by Crippen LogP contribution is 2.27. The van der Waals surface area contributed by atoms with Gasteiger partial charge < -0.3 is 15.7 Å². The van der Waals surface area contributed by atoms with Crippen molar-refractivity contribution < 1.29 is 14.7 Å². The van der Waals surface area contributed by atoms with E-state index in [4.69, 9.17) is 10.8 Å². The van der Waals surface area contributed by atoms with Gasteiger partial charge in [0.2, 0.25) is 5.91 Å². The molecule has 1 aromatic carbocycles. The summed E-state index contributed by atoms with van der Waals surface area (Å²) < 4.78 is 0. The highest BCUT2D eigenvalue weighted by atomic mass is 16.4. The minimum Gasteiger partial charge on any atom is -0.478 e. The van der Waals surface area contributed by atoms with E-state index in [9.17, 15) is 9.59 Å². The Balaban J connectivity index is 2.26. The van der Waals surface area contributed by atoms with E-state index in [0.29, 0.717) is 0 Å². The first-order valence-corrected chi connectivity index (χ1v) is 7.06. The molecule has 1 unspecified atom stereocenters. The van der Waals surface area contributed by atoms with Crippen molar-refractivity contribution in [2.75, 3.05) is 11.4 Å². The number of anilines is 1. The van der Waals surface area contributed by atoms with Gasteiger partial charge in [0.05, 0.1) is 0 Å². The van der Waals surface area contributed by atoms with Gasteiger partial charge >= 0.3 is 5.97 Å². The summed E-state index contributed by atoms with van der Waals surface area (Å²) in [6.07, 6.45) is 5.54. The predicted molar refractivity (Wildman–Crippen MR) is 82.0 cm³/mol. The van der Waals surface area contributed by atoms with Crippen LogP contribution in [0, 0.1) is 6.92 Å². The lowest BCUT2D eigenvalue weighted by molar-refractivity contribution is -0.131. The van der Waals surface area contributed by atoms with Crippen LogP contribution in [0.5, 0.6) is 0 Å². The Morgan fingerprint density at radius 3 is 2.76 bits per heavy atom. The van der Waals surface area contributed by atoms with E-state index in [-0.39, 0.29) is 11.9 Å². The third-order valence-corrected chi connectivity index (χ3v) is 3.82. The van der Waals surface area contributed by atoms with E-state index in [1.807, 2.05) is 30.0 Å². The number of amides is 1. The number of carbonyl (C=O) groups excluding carboxylic acids is 1. The van der Waals surface area contributed by atoms with Gasteiger partial charge in [-0.3, -0.25) is 4.79 Å². The molecule has 0 aliphatic carbocycles. The van der Waals surface area contributed by atoms with Gasteiger partial charge in [-0.15, -0.1) is 0 Å². The molecule has 0 aromatic heterocycles. The summed E-state index contributed by atoms with van der Waals surface area (Å²) in [5, 5.41) is 8.67. The van der Waals surface area contributed by atoms with Gasteiger partial charge in [-0.25, -0.2) is 4.79 Å². The zero-order valence-electron chi connectivity index (χ0n) is 12.1. The van der Waals surface area contributed by atoms with Crippen LogP contribution < -0.4 is 10.6 Å². The van der Waals surface area contributed by atoms with Crippen molar-refractivity contribution in [1.29, 1.82) is 0 Å². The molecule has 1 saturated heterocycles. The summed E-state index contributed by atoms with van der Waals surface area (Å²) in [4.78, 5) is 24.2. The molecule has 5 heteroatoms. The second kappa shape index (κ2) is 6.43. The molecular formula is C16H20N2O3. The van der Waals surface area contributed by atoms with E-state index in [2.05, 4.69) is 0 Å². The number of piperidine rings is 1. The fourth-order valence-corrected chi connectivity index (χ4v) is 2.72. The highest BCUT2D eigenvalue weighted by Gasteiger charge is 2.27. The van der Waals surface area contributed by atoms with E-state index < -0.39 is 5.97 Å². The molecule has 21 heavy (non-hydrogen) atoms. The summed E-state index contributed by atoms with van der Waals surface area (Å²) in [6.45, 7) is 2.74. The molecule has 1 aliphatic rings. The Morgan fingerprint density at radius 2 is 2.14 bits per heavy atom. The topological polar surface area (TPSA) is 83.6 Å². The van der Waals surface area contributed by atoms with Crippen LogP contribution in [0.3, 0.4) is 0 Å². The molecule has 1 aromatic rings. The van der Waals surface area contributed by atoms with Crippen LogP contribution in [0.2, 0.25) is 0 Å². The van der Waals surface area contributed by atoms with Crippen LogP contribution in [-0.2, 0) is 9.59 Å². The standard InChI is InChI=1S/C16H20N2O3/c1-11-10-13(7-5-12(11)6-8-15(19)20)18-9-3-2-4-14(18)16(17)21/h5-8,10,14H,2-4,9H2,1H3,(H2,17,21)(H,19,20). The number of hydrogen-bond donors (Lipinski definition) is 2. The first-order valence-electron chi connectivity index (χ1n) is 7.06. The molecule has 112 valence electrons. The first-order chi connectivity index (χ1) is 9.99. The second-order valence-electron chi connectivity index (χ2n) is 5.32. The number of aliphatic carboxylic acids is 1. The molecule has 1 atom stereocenters. The van der Waals surface area contributed by atoms with Crippen LogP contribution in [-0.4, -0.2) is 29.6 Å². The van der Waals surface area contributed by atoms with E-state index >= 15 is 0 Å². The van der Waals surface area contributed by atoms with E-state index in [1.165, 1.54) is 0 Å². The highest BCUT2D eigenvalue weighted by molar-refractivity contribution is 5.86. The van der Waals surface area contributed by atoms with E-state index in [0.717, 1.165) is 48.7 Å². The van der Waals surface area contributed by atoms with Gasteiger partial charge in [0, 0.05) is 18.3 Å². The van der Waals surface area contributed by atoms with Crippen LogP contribution >= 0.6 is 0 Å². The van der Waals surface area contributed by atoms with Crippen LogP contribution in [0.1, 0.15) is 30.4 Å². The molecule has 0 spiro atoms. The third kappa shape index (κ3) is 3.62. The number of hydrogen-bond acceptors (Lipinski definition) is 3. The lowest BCUT2D eigenvalue weighted by atomic mass is 9.99. The van der Waals surface area contributed by atoms with Crippen LogP contribution in [0.15, 0.2) is 24.3 Å². The second-order valence-corrected chi connectivity index (χ2v) is 5.32. The van der Waals surface area contributed by atoms with Crippen molar-refractivity contribution in [3.05, 3.63) is 35.4 Å². The van der Waals surface area contributed by atoms with Gasteiger partial charge in [-0.2, -0.15) is 0 Å². The Labute approximate surface area is 124 Å². The van der Waals surface area contributed by atoms with Crippen molar-refractivity contribution >= 4 is 23.6 Å². The Kier molecular flexibility index (Phi) is 4.62. The molecule has 1 heterocycles. The largest absolute Gasteiger partial charge is 0.478 e. The number of nitrogens with two attached hydrogens (primary N) is 1. The van der Waals surface area contributed by atoms with E-state index in [1.54, 1.807) is 6.08 Å². The number of carbonyl (C=O) groups is 2. The number of primary amides is 1. The number of nitrogens with zero attached hydrogens (tertiary/aromatic N) is 1. The van der Waals surface area contributed by atoms with Crippen molar-refractivity contribution in [1.82, 2.24) is 0 Å². The molecular weight excluding hydrogens is 268 g/mol. The fourth-order valence-electron chi connectivity index (χ4n) is 2.72. The molecule has 5 nitrogen and oxygen atoms in total. The smallest absolute Gasteiger partial charge is 0.328 e. The zero-order valence-corrected chi connectivity index (χ0v) is 12.1. The maximum Gasteiger partial charge on any atom is 0.328 e. The first kappa shape index (κ1) is 15.1. The number of benzene rings is 1. The lowest BCUT2D eigenvalue weighted by Gasteiger charge is -2.35. The molecule has 3 N–H and O–H groups in total. The lowest BCUT2D eigenvalue weighted by Crippen LogP contribution is -2.47. The maximum atomic E-state index is 11.6. The van der Waals surface area contributed by atoms with Gasteiger partial charge in [-0.1, -0.05) is 6.07 Å². The number of carboxylic acids is 1. The predicted octanol–water partition coefficient (Wildman–Crippen LogP) is 1.94. The molecule has 1 aliphatic heterocycles. The SMILES string of the molecule is Cc1cc(N2CCCCC2C(N)=O)ccc1C=CC(=O)O. The average molecular weight is 288 g/mol. The summed E-state index contributed by atoms with van der Waals surface area (Å²) >= 11 is 0. The van der Waals surface area contributed by atoms with Gasteiger partial charge in [0.15, 0.2) is 0 Å². The Morgan fingerprint density at radius 1 is 1.38 bits per heavy atom. The van der Waals surface area contributed by atoms with Gasteiger partial charge in [0.25, 0.3) is 0 Å². The molecule has 0 radical (unpaired) electrons. The zero-order chi connectivity index (χ0) is 15.4. The van der Waals surface area contributed by atoms with Crippen molar-refractivity contribution in [2.24, 2.45) is 5.73 Å². The Bertz CT molecular complexity index is 581. The minimum atomic E-state index is -0.969. The normalized spacial score (nSPS) is 18.9. The fraction of sp³-hybridized carbons (Fsp3) is 0.375. The monoisotopic (exact) mass is 288 g/mol. The number of aryl methyl sites for hydroxylation is 1. The summed E-state index contributed by atoms with van der Waals surface area (Å²) in [5.41, 5.74) is 8.27. The number of carboxylic acid groups (broad SMARTS) is 1. The maximum absolute atomic E-state index is 11.6. The number of rotatable bonds is 4. The Hall–Kier alpha value is -2.30. The minimum absolute atomic E-state index is 0.251. The van der Waals surface area contributed by atoms with Gasteiger partial charge in [0.1, 0.15) is 6.04 Å². The quantitative estimate of drug-likeness (QED) is 0.829. The molecule has 2 rings (SSSR count). The summed E-state index contributed by atoms with van der Waals surface area (Å²) in [6, 6.07) is 5.51. The van der Waals surface area contributed by atoms with Crippen molar-refractivity contribution in [2.45, 2.75) is 32.2 Å². The van der Waals surface area contributed by atoms with Crippen molar-refractivity contribution in [3.63, 3.8) is 0 Å². The molecule has 0 bridgehead atoms. The van der Waals surface area contributed by atoms with Crippen molar-refractivity contribution in [3.8, 4) is 0 Å². The third-order valence-electron chi connectivity index (χ3n) is 3.82.